The van der Waals surface area contributed by atoms with Crippen LogP contribution in [0, 0.1) is 26.0 Å². The number of ether oxygens (including phenoxy) is 1. The number of benzene rings is 4. The Morgan fingerprint density at radius 3 is 2.11 bits per heavy atom. The molecule has 0 N–H and O–H groups in total. The molecule has 0 aliphatic carbocycles. The van der Waals surface area contributed by atoms with Crippen LogP contribution in [0.1, 0.15) is 108 Å². The maximum absolute atomic E-state index is 6.23. The molecule has 6 heteroatoms. The van der Waals surface area contributed by atoms with Gasteiger partial charge in [-0.3, -0.25) is 4.99 Å². The summed E-state index contributed by atoms with van der Waals surface area (Å²) in [5.74, 6) is 1.55. The van der Waals surface area contributed by atoms with E-state index in [4.69, 9.17) is 14.7 Å². The van der Waals surface area contributed by atoms with E-state index in [-0.39, 0.29) is 42.8 Å². The Morgan fingerprint density at radius 2 is 1.43 bits per heavy atom. The minimum atomic E-state index is -0.298. The molecule has 0 unspecified atom stereocenters. The molecular weight excluding hydrogens is 832 g/mol. The molecule has 0 spiro atoms. The molecule has 0 radical (unpaired) electrons. The third-order valence-electron chi connectivity index (χ3n) is 10.9. The summed E-state index contributed by atoms with van der Waals surface area (Å²) in [5, 5.41) is 2.38. The van der Waals surface area contributed by atoms with Crippen molar-refractivity contribution in [2.24, 2.45) is 4.99 Å². The third kappa shape index (κ3) is 6.23. The first-order valence-corrected chi connectivity index (χ1v) is 18.5. The van der Waals surface area contributed by atoms with E-state index in [1.807, 2.05) is 6.20 Å². The summed E-state index contributed by atoms with van der Waals surface area (Å²) in [6.07, 6.45) is 1.94. The predicted molar refractivity (Wildman–Crippen MR) is 217 cm³/mol. The topological polar surface area (TPSA) is 42.7 Å². The minimum absolute atomic E-state index is 0. The molecule has 5 nitrogen and oxygen atoms in total. The minimum Gasteiger partial charge on any atom is -0.518 e. The van der Waals surface area contributed by atoms with Crippen LogP contribution in [0.15, 0.2) is 77.9 Å². The van der Waals surface area contributed by atoms with E-state index in [0.717, 1.165) is 39.5 Å². The van der Waals surface area contributed by atoms with Crippen LogP contribution in [-0.4, -0.2) is 27.6 Å². The summed E-state index contributed by atoms with van der Waals surface area (Å²) in [7, 11) is 0. The number of aromatic nitrogens is 2. The number of fused-ring (bicyclic) bond motifs is 5. The van der Waals surface area contributed by atoms with Gasteiger partial charge in [0.15, 0.2) is 0 Å². The van der Waals surface area contributed by atoms with Crippen molar-refractivity contribution in [1.29, 1.82) is 0 Å². The Labute approximate surface area is 329 Å². The number of pyridine rings is 1. The van der Waals surface area contributed by atoms with Gasteiger partial charge >= 0.3 is 21.1 Å². The van der Waals surface area contributed by atoms with Gasteiger partial charge in [0.2, 0.25) is 0 Å². The molecule has 0 amide bonds. The quantitative estimate of drug-likeness (QED) is 0.166. The molecule has 53 heavy (non-hydrogen) atoms. The van der Waals surface area contributed by atoms with Crippen LogP contribution in [0.2, 0.25) is 0 Å². The second-order valence-electron chi connectivity index (χ2n) is 18.2. The molecular formula is C47H50N4OPt. The van der Waals surface area contributed by atoms with E-state index in [0.29, 0.717) is 12.5 Å². The van der Waals surface area contributed by atoms with Crippen LogP contribution in [0.5, 0.6) is 0 Å². The first-order valence-electron chi connectivity index (χ1n) is 18.5. The molecule has 4 aromatic carbocycles. The number of rotatable bonds is 3. The Balaban J connectivity index is 0.00000435. The summed E-state index contributed by atoms with van der Waals surface area (Å²) in [5.41, 5.74) is 12.8. The molecule has 274 valence electrons. The van der Waals surface area contributed by atoms with Crippen molar-refractivity contribution in [3.63, 3.8) is 0 Å². The molecule has 2 aliphatic rings. The number of hydrogen-bond donors (Lipinski definition) is 0. The second-order valence-corrected chi connectivity index (χ2v) is 18.2. The normalized spacial score (nSPS) is 16.2. The fraction of sp³-hybridized carbons (Fsp3) is 0.362. The summed E-state index contributed by atoms with van der Waals surface area (Å²) < 4.78 is 8.54. The molecule has 6 aromatic rings. The van der Waals surface area contributed by atoms with Crippen LogP contribution < -0.4 is 4.90 Å². The molecule has 0 fully saturated rings. The van der Waals surface area contributed by atoms with Crippen LogP contribution in [-0.2, 0) is 42.0 Å². The molecule has 4 heterocycles. The van der Waals surface area contributed by atoms with Crippen molar-refractivity contribution in [2.75, 3.05) is 11.5 Å². The van der Waals surface area contributed by atoms with Crippen molar-refractivity contribution in [3.05, 3.63) is 124 Å². The SMILES string of the molecule is Cc1ccc2c(c1)C(C)(C)c1cc3c4cc(C)ccc4n(-c4cc(C(C)(C)C)ccn4)c3[c-]c1N2c1[c-]c(C2=NC(C)(C)CO2)cc(C(C)(C)C)c1.[Pt+2]. The van der Waals surface area contributed by atoms with Gasteiger partial charge in [0.25, 0.3) is 0 Å². The molecule has 2 aliphatic heterocycles. The summed E-state index contributed by atoms with van der Waals surface area (Å²) >= 11 is 0. The van der Waals surface area contributed by atoms with Gasteiger partial charge in [0.05, 0.1) is 5.54 Å². The van der Waals surface area contributed by atoms with Gasteiger partial charge in [0, 0.05) is 17.4 Å². The van der Waals surface area contributed by atoms with Crippen molar-refractivity contribution < 1.29 is 25.8 Å². The van der Waals surface area contributed by atoms with E-state index in [2.05, 4.69) is 171 Å². The smallest absolute Gasteiger partial charge is 0.518 e. The molecule has 0 saturated heterocycles. The predicted octanol–water partition coefficient (Wildman–Crippen LogP) is 11.7. The van der Waals surface area contributed by atoms with Gasteiger partial charge in [-0.15, -0.1) is 40.8 Å². The van der Waals surface area contributed by atoms with Crippen LogP contribution in [0.25, 0.3) is 27.6 Å². The first-order chi connectivity index (χ1) is 24.3. The molecule has 0 bridgehead atoms. The summed E-state index contributed by atoms with van der Waals surface area (Å²) in [6.45, 7) is 27.4. The Bertz CT molecular complexity index is 2470. The zero-order valence-electron chi connectivity index (χ0n) is 33.1. The number of aryl methyl sites for hydroxylation is 2. The fourth-order valence-corrected chi connectivity index (χ4v) is 7.80. The van der Waals surface area contributed by atoms with Gasteiger partial charge in [-0.1, -0.05) is 108 Å². The van der Waals surface area contributed by atoms with Gasteiger partial charge in [0.1, 0.15) is 18.3 Å². The zero-order chi connectivity index (χ0) is 37.1. The van der Waals surface area contributed by atoms with Gasteiger partial charge in [-0.05, 0) is 90.4 Å². The standard InChI is InChI=1S/C47H50N4O.Pt/c1-28-13-15-38-34(19-28)35-25-37-41(26-40(35)51(38)42-24-31(17-18-48-42)44(3,4)5)50(39-16-14-29(2)20-36(39)47(37,11)12)33-22-30(21-32(23-33)45(6,7)8)43-49-46(9,10)27-52-43;/h13-21,23-25H,27H2,1-12H3;/q-2;+2. The van der Waals surface area contributed by atoms with Gasteiger partial charge in [-0.25, -0.2) is 4.98 Å². The molecule has 0 saturated carbocycles. The fourth-order valence-electron chi connectivity index (χ4n) is 7.80. The Morgan fingerprint density at radius 1 is 0.736 bits per heavy atom. The largest absolute Gasteiger partial charge is 2.00 e. The molecule has 2 aromatic heterocycles. The van der Waals surface area contributed by atoms with Crippen molar-refractivity contribution in [1.82, 2.24) is 9.55 Å². The number of nitrogens with zero attached hydrogens (tertiary/aromatic N) is 4. The van der Waals surface area contributed by atoms with E-state index < -0.39 is 0 Å². The number of hydrogen-bond acceptors (Lipinski definition) is 4. The number of aliphatic imine (C=N–C) groups is 1. The first kappa shape index (κ1) is 37.1. The molecule has 8 rings (SSSR count). The average Bonchev–Trinajstić information content (AvgIpc) is 3.59. The van der Waals surface area contributed by atoms with Crippen LogP contribution >= 0.6 is 0 Å². The summed E-state index contributed by atoms with van der Waals surface area (Å²) in [6, 6.07) is 32.8. The zero-order valence-corrected chi connectivity index (χ0v) is 35.4. The Kier molecular flexibility index (Phi) is 8.70. The van der Waals surface area contributed by atoms with E-state index in [9.17, 15) is 0 Å². The average molecular weight is 882 g/mol. The van der Waals surface area contributed by atoms with Crippen molar-refractivity contribution in [2.45, 2.75) is 105 Å². The maximum atomic E-state index is 6.23. The van der Waals surface area contributed by atoms with Crippen molar-refractivity contribution >= 4 is 44.8 Å². The Hall–Kier alpha value is -4.21. The second kappa shape index (κ2) is 12.4. The van der Waals surface area contributed by atoms with Crippen LogP contribution in [0.4, 0.5) is 17.1 Å². The van der Waals surface area contributed by atoms with Crippen LogP contribution in [0.3, 0.4) is 0 Å². The van der Waals surface area contributed by atoms with E-state index in [1.165, 1.54) is 44.2 Å². The van der Waals surface area contributed by atoms with Crippen molar-refractivity contribution in [3.8, 4) is 5.82 Å². The third-order valence-corrected chi connectivity index (χ3v) is 10.9. The van der Waals surface area contributed by atoms with Gasteiger partial charge in [-0.2, -0.15) is 6.07 Å². The number of anilines is 3. The van der Waals surface area contributed by atoms with E-state index in [1.54, 1.807) is 0 Å². The monoisotopic (exact) mass is 881 g/mol. The van der Waals surface area contributed by atoms with E-state index >= 15 is 0 Å². The molecule has 0 atom stereocenters. The summed E-state index contributed by atoms with van der Waals surface area (Å²) in [4.78, 5) is 12.4. The maximum Gasteiger partial charge on any atom is 2.00 e. The van der Waals surface area contributed by atoms with Gasteiger partial charge < -0.3 is 14.2 Å².